The summed E-state index contributed by atoms with van der Waals surface area (Å²) in [5.41, 5.74) is 2.35. The van der Waals surface area contributed by atoms with E-state index >= 15 is 0 Å². The zero-order valence-corrected chi connectivity index (χ0v) is 14.8. The Morgan fingerprint density at radius 1 is 1.00 bits per heavy atom. The van der Waals surface area contributed by atoms with Crippen LogP contribution in [0.2, 0.25) is 0 Å². The summed E-state index contributed by atoms with van der Waals surface area (Å²) < 4.78 is 0. The summed E-state index contributed by atoms with van der Waals surface area (Å²) in [5, 5.41) is 9.43. The number of carbonyl (C=O) groups is 1. The van der Waals surface area contributed by atoms with E-state index in [4.69, 9.17) is 0 Å². The van der Waals surface area contributed by atoms with Gasteiger partial charge in [-0.05, 0) is 29.7 Å². The highest BCUT2D eigenvalue weighted by atomic mass is 16.3. The summed E-state index contributed by atoms with van der Waals surface area (Å²) in [6.07, 6.45) is 1.51. The number of amides is 1. The number of hydrogen-bond donors (Lipinski definition) is 1. The second kappa shape index (κ2) is 8.17. The van der Waals surface area contributed by atoms with Gasteiger partial charge in [0.15, 0.2) is 0 Å². The number of benzene rings is 2. The quantitative estimate of drug-likeness (QED) is 0.909. The van der Waals surface area contributed by atoms with E-state index in [1.165, 1.54) is 5.56 Å². The second-order valence-electron chi connectivity index (χ2n) is 6.72. The van der Waals surface area contributed by atoms with Gasteiger partial charge in [0, 0.05) is 38.6 Å². The Labute approximate surface area is 149 Å². The minimum Gasteiger partial charge on any atom is -0.508 e. The molecule has 1 saturated heterocycles. The number of phenolic OH excluding ortho intramolecular Hbond substituents is 1. The fourth-order valence-corrected chi connectivity index (χ4v) is 3.44. The lowest BCUT2D eigenvalue weighted by molar-refractivity contribution is -0.133. The van der Waals surface area contributed by atoms with Gasteiger partial charge in [-0.25, -0.2) is 0 Å². The first-order valence-electron chi connectivity index (χ1n) is 8.99. The predicted molar refractivity (Wildman–Crippen MR) is 99.1 cm³/mol. The zero-order chi connectivity index (χ0) is 17.6. The summed E-state index contributed by atoms with van der Waals surface area (Å²) in [5.74, 6) is 0.527. The van der Waals surface area contributed by atoms with Crippen molar-refractivity contribution in [1.29, 1.82) is 0 Å². The summed E-state index contributed by atoms with van der Waals surface area (Å²) >= 11 is 0. The molecule has 1 fully saturated rings. The summed E-state index contributed by atoms with van der Waals surface area (Å²) in [6, 6.07) is 17.8. The number of carbonyl (C=O) groups excluding carboxylic acids is 1. The van der Waals surface area contributed by atoms with Gasteiger partial charge in [0.05, 0.1) is 0 Å². The molecule has 1 amide bonds. The molecule has 1 aliphatic rings. The van der Waals surface area contributed by atoms with E-state index in [1.807, 2.05) is 35.2 Å². The van der Waals surface area contributed by atoms with E-state index in [0.717, 1.165) is 31.6 Å². The van der Waals surface area contributed by atoms with Crippen molar-refractivity contribution in [3.8, 4) is 5.75 Å². The normalized spacial score (nSPS) is 19.0. The van der Waals surface area contributed by atoms with Crippen molar-refractivity contribution in [2.45, 2.75) is 38.9 Å². The number of hydrogen-bond acceptors (Lipinski definition) is 3. The van der Waals surface area contributed by atoms with Crippen molar-refractivity contribution in [2.75, 3.05) is 13.1 Å². The summed E-state index contributed by atoms with van der Waals surface area (Å²) in [7, 11) is 0. The Kier molecular flexibility index (Phi) is 5.71. The predicted octanol–water partition coefficient (Wildman–Crippen LogP) is 3.41. The molecule has 0 saturated carbocycles. The van der Waals surface area contributed by atoms with Crippen molar-refractivity contribution in [3.05, 3.63) is 65.7 Å². The monoisotopic (exact) mass is 338 g/mol. The van der Waals surface area contributed by atoms with Gasteiger partial charge < -0.3 is 10.0 Å². The number of nitrogens with zero attached hydrogens (tertiary/aromatic N) is 2. The average molecular weight is 338 g/mol. The first-order valence-corrected chi connectivity index (χ1v) is 8.99. The third-order valence-corrected chi connectivity index (χ3v) is 4.88. The Morgan fingerprint density at radius 2 is 1.68 bits per heavy atom. The zero-order valence-electron chi connectivity index (χ0n) is 14.8. The number of rotatable bonds is 5. The Hall–Kier alpha value is -2.33. The second-order valence-corrected chi connectivity index (χ2v) is 6.72. The van der Waals surface area contributed by atoms with E-state index in [9.17, 15) is 9.90 Å². The highest BCUT2D eigenvalue weighted by Crippen LogP contribution is 2.20. The molecule has 4 heteroatoms. The van der Waals surface area contributed by atoms with Crippen LogP contribution in [-0.4, -0.2) is 39.9 Å². The minimum atomic E-state index is 0.229. The molecule has 0 aromatic heterocycles. The van der Waals surface area contributed by atoms with Crippen LogP contribution in [0.25, 0.3) is 0 Å². The molecule has 0 spiro atoms. The molecule has 4 nitrogen and oxygen atoms in total. The SMILES string of the molecule is CCC1CN(Cc2ccc(O)cc2)CCC(=O)N1Cc1ccccc1. The molecule has 132 valence electrons. The van der Waals surface area contributed by atoms with E-state index in [2.05, 4.69) is 24.0 Å². The van der Waals surface area contributed by atoms with Crippen LogP contribution in [-0.2, 0) is 17.9 Å². The molecule has 1 N–H and O–H groups in total. The lowest BCUT2D eigenvalue weighted by atomic mass is 10.1. The highest BCUT2D eigenvalue weighted by molar-refractivity contribution is 5.77. The van der Waals surface area contributed by atoms with Crippen LogP contribution in [0.1, 0.15) is 30.9 Å². The molecular weight excluding hydrogens is 312 g/mol. The van der Waals surface area contributed by atoms with E-state index in [-0.39, 0.29) is 17.7 Å². The van der Waals surface area contributed by atoms with Crippen LogP contribution in [0, 0.1) is 0 Å². The molecule has 2 aromatic rings. The smallest absolute Gasteiger partial charge is 0.224 e. The molecular formula is C21H26N2O2. The molecule has 0 radical (unpaired) electrons. The van der Waals surface area contributed by atoms with Crippen molar-refractivity contribution in [2.24, 2.45) is 0 Å². The van der Waals surface area contributed by atoms with E-state index in [0.29, 0.717) is 13.0 Å². The largest absolute Gasteiger partial charge is 0.508 e. The van der Waals surface area contributed by atoms with Gasteiger partial charge in [0.1, 0.15) is 5.75 Å². The fraction of sp³-hybridized carbons (Fsp3) is 0.381. The maximum Gasteiger partial charge on any atom is 0.224 e. The van der Waals surface area contributed by atoms with Crippen LogP contribution in [0.5, 0.6) is 5.75 Å². The number of phenols is 1. The highest BCUT2D eigenvalue weighted by Gasteiger charge is 2.28. The molecule has 1 unspecified atom stereocenters. The van der Waals surface area contributed by atoms with E-state index in [1.54, 1.807) is 12.1 Å². The molecule has 25 heavy (non-hydrogen) atoms. The molecule has 1 heterocycles. The van der Waals surface area contributed by atoms with Crippen molar-refractivity contribution >= 4 is 5.91 Å². The third-order valence-electron chi connectivity index (χ3n) is 4.88. The van der Waals surface area contributed by atoms with Gasteiger partial charge in [-0.3, -0.25) is 9.69 Å². The van der Waals surface area contributed by atoms with Crippen LogP contribution < -0.4 is 0 Å². The van der Waals surface area contributed by atoms with Crippen molar-refractivity contribution in [3.63, 3.8) is 0 Å². The maximum atomic E-state index is 12.7. The van der Waals surface area contributed by atoms with E-state index < -0.39 is 0 Å². The van der Waals surface area contributed by atoms with Gasteiger partial charge in [-0.1, -0.05) is 49.4 Å². The Morgan fingerprint density at radius 3 is 2.36 bits per heavy atom. The van der Waals surface area contributed by atoms with Gasteiger partial charge in [-0.2, -0.15) is 0 Å². The molecule has 0 bridgehead atoms. The van der Waals surface area contributed by atoms with Gasteiger partial charge >= 0.3 is 0 Å². The van der Waals surface area contributed by atoms with Gasteiger partial charge in [-0.15, -0.1) is 0 Å². The molecule has 1 aliphatic heterocycles. The number of aromatic hydroxyl groups is 1. The summed E-state index contributed by atoms with van der Waals surface area (Å²) in [4.78, 5) is 17.1. The summed E-state index contributed by atoms with van der Waals surface area (Å²) in [6.45, 7) is 5.31. The van der Waals surface area contributed by atoms with Crippen LogP contribution in [0.4, 0.5) is 0 Å². The lowest BCUT2D eigenvalue weighted by Crippen LogP contribution is -2.42. The molecule has 3 rings (SSSR count). The minimum absolute atomic E-state index is 0.229. The third kappa shape index (κ3) is 4.60. The molecule has 0 aliphatic carbocycles. The van der Waals surface area contributed by atoms with Gasteiger partial charge in [0.2, 0.25) is 5.91 Å². The van der Waals surface area contributed by atoms with Crippen molar-refractivity contribution < 1.29 is 9.90 Å². The molecule has 1 atom stereocenters. The van der Waals surface area contributed by atoms with Crippen LogP contribution in [0.15, 0.2) is 54.6 Å². The van der Waals surface area contributed by atoms with Gasteiger partial charge in [0.25, 0.3) is 0 Å². The maximum absolute atomic E-state index is 12.7. The fourth-order valence-electron chi connectivity index (χ4n) is 3.44. The standard InChI is InChI=1S/C21H26N2O2/c1-2-19-16-22(14-18-8-10-20(24)11-9-18)13-12-21(25)23(19)15-17-6-4-3-5-7-17/h3-11,19,24H,2,12-16H2,1H3. The Balaban J connectivity index is 1.70. The van der Waals surface area contributed by atoms with Crippen LogP contribution in [0.3, 0.4) is 0 Å². The lowest BCUT2D eigenvalue weighted by Gasteiger charge is -2.31. The Bertz CT molecular complexity index is 685. The molecule has 2 aromatic carbocycles. The first kappa shape index (κ1) is 17.5. The van der Waals surface area contributed by atoms with Crippen LogP contribution >= 0.6 is 0 Å². The topological polar surface area (TPSA) is 43.8 Å². The van der Waals surface area contributed by atoms with Crippen molar-refractivity contribution in [1.82, 2.24) is 9.80 Å². The first-order chi connectivity index (χ1) is 12.2. The average Bonchev–Trinajstić information content (AvgIpc) is 2.78.